The molecule has 16 heavy (non-hydrogen) atoms. The molecule has 2 unspecified atom stereocenters. The van der Waals surface area contributed by atoms with Crippen LogP contribution in [-0.4, -0.2) is 35.6 Å². The number of rotatable bonds is 1. The van der Waals surface area contributed by atoms with Crippen LogP contribution < -0.4 is 0 Å². The molecule has 0 aromatic heterocycles. The highest BCUT2D eigenvalue weighted by Crippen LogP contribution is 2.22. The number of esters is 2. The fourth-order valence-corrected chi connectivity index (χ4v) is 1.17. The van der Waals surface area contributed by atoms with E-state index in [-0.39, 0.29) is 6.10 Å². The van der Waals surface area contributed by atoms with Gasteiger partial charge in [-0.15, -0.1) is 0 Å². The number of carbonyl (C=O) groups excluding carboxylic acids is 2. The Morgan fingerprint density at radius 2 is 1.94 bits per heavy atom. The van der Waals surface area contributed by atoms with Gasteiger partial charge in [-0.05, 0) is 6.42 Å². The summed E-state index contributed by atoms with van der Waals surface area (Å²) in [6.07, 6.45) is -1.30. The Labute approximate surface area is 93.5 Å². The summed E-state index contributed by atoms with van der Waals surface area (Å²) in [6, 6.07) is 0. The molecule has 0 aromatic carbocycles. The van der Waals surface area contributed by atoms with Gasteiger partial charge in [0.25, 0.3) is 0 Å². The van der Waals surface area contributed by atoms with Crippen LogP contribution in [0.5, 0.6) is 0 Å². The Bertz CT molecular complexity index is 221. The van der Waals surface area contributed by atoms with Gasteiger partial charge in [-0.25, -0.2) is 4.39 Å². The molecular weight excluding hydrogens is 219 g/mol. The van der Waals surface area contributed by atoms with E-state index in [0.29, 0.717) is 6.42 Å². The van der Waals surface area contributed by atoms with Gasteiger partial charge in [-0.1, -0.05) is 6.92 Å². The van der Waals surface area contributed by atoms with Crippen LogP contribution in [0.2, 0.25) is 0 Å². The molecule has 0 spiro atoms. The third-order valence-electron chi connectivity index (χ3n) is 1.87. The second-order valence-corrected chi connectivity index (χ2v) is 3.39. The molecule has 0 saturated carbocycles. The lowest BCUT2D eigenvalue weighted by Crippen LogP contribution is -2.15. The molecular formula is C10H17FO5. The van der Waals surface area contributed by atoms with Crippen molar-refractivity contribution in [3.8, 4) is 0 Å². The van der Waals surface area contributed by atoms with E-state index in [1.165, 1.54) is 13.8 Å². The van der Waals surface area contributed by atoms with Gasteiger partial charge in [-0.3, -0.25) is 9.59 Å². The van der Waals surface area contributed by atoms with Crippen LogP contribution in [0.15, 0.2) is 0 Å². The molecule has 94 valence electrons. The molecule has 6 heteroatoms. The van der Waals surface area contributed by atoms with Crippen molar-refractivity contribution in [2.75, 3.05) is 0 Å². The number of ether oxygens (including phenoxy) is 2. The molecule has 3 atom stereocenters. The maximum absolute atomic E-state index is 12.4. The van der Waals surface area contributed by atoms with Crippen molar-refractivity contribution in [1.29, 1.82) is 0 Å². The van der Waals surface area contributed by atoms with Crippen molar-refractivity contribution in [1.82, 2.24) is 0 Å². The molecule has 1 fully saturated rings. The second kappa shape index (κ2) is 7.29. The summed E-state index contributed by atoms with van der Waals surface area (Å²) in [4.78, 5) is 19.6. The molecule has 0 aliphatic carbocycles. The summed E-state index contributed by atoms with van der Waals surface area (Å²) in [7, 11) is 0. The lowest BCUT2D eigenvalue weighted by atomic mass is 10.2. The Balaban J connectivity index is 0.000000293. The quantitative estimate of drug-likeness (QED) is 0.541. The zero-order valence-corrected chi connectivity index (χ0v) is 9.60. The third kappa shape index (κ3) is 6.47. The van der Waals surface area contributed by atoms with Crippen molar-refractivity contribution in [2.45, 2.75) is 52.2 Å². The first kappa shape index (κ1) is 15.0. The average molecular weight is 236 g/mol. The lowest BCUT2D eigenvalue weighted by Gasteiger charge is -2.04. The normalized spacial score (nSPS) is 27.9. The number of hydrogen-bond acceptors (Lipinski definition) is 5. The zero-order chi connectivity index (χ0) is 12.7. The van der Waals surface area contributed by atoms with Crippen molar-refractivity contribution < 1.29 is 28.6 Å². The Morgan fingerprint density at radius 3 is 2.06 bits per heavy atom. The Kier molecular flexibility index (Phi) is 6.83. The maximum Gasteiger partial charge on any atom is 0.310 e. The van der Waals surface area contributed by atoms with Crippen molar-refractivity contribution >= 4 is 11.9 Å². The fraction of sp³-hybridized carbons (Fsp3) is 0.800. The highest BCUT2D eigenvalue weighted by atomic mass is 19.1. The first-order valence-electron chi connectivity index (χ1n) is 5.03. The molecule has 5 nitrogen and oxygen atoms in total. The van der Waals surface area contributed by atoms with E-state index in [9.17, 15) is 14.0 Å². The first-order chi connectivity index (χ1) is 7.36. The number of aliphatic hydroxyl groups is 1. The average Bonchev–Trinajstić information content (AvgIpc) is 2.45. The maximum atomic E-state index is 12.4. The van der Waals surface area contributed by atoms with E-state index in [0.717, 1.165) is 6.42 Å². The monoisotopic (exact) mass is 236 g/mol. The standard InChI is InChI=1S/C6H11FO2.C4H6O3/c1-2-4-3-5(7)6(8)9-4;1-3(5)7-4(2)6/h4-6,8H,2-3H2,1H3;1-2H3/t4?,5?,6-;/m0./s1. The van der Waals surface area contributed by atoms with E-state index in [1.54, 1.807) is 0 Å². The van der Waals surface area contributed by atoms with Crippen LogP contribution in [0.4, 0.5) is 4.39 Å². The molecule has 1 aliphatic heterocycles. The van der Waals surface area contributed by atoms with Crippen LogP contribution in [0, 0.1) is 0 Å². The topological polar surface area (TPSA) is 72.8 Å². The lowest BCUT2D eigenvalue weighted by molar-refractivity contribution is -0.156. The van der Waals surface area contributed by atoms with Crippen LogP contribution in [0.1, 0.15) is 33.6 Å². The minimum Gasteiger partial charge on any atom is -0.394 e. The van der Waals surface area contributed by atoms with Crippen molar-refractivity contribution in [3.05, 3.63) is 0 Å². The van der Waals surface area contributed by atoms with Crippen molar-refractivity contribution in [2.24, 2.45) is 0 Å². The van der Waals surface area contributed by atoms with E-state index in [1.807, 2.05) is 6.92 Å². The van der Waals surface area contributed by atoms with E-state index in [4.69, 9.17) is 9.84 Å². The predicted molar refractivity (Wildman–Crippen MR) is 53.1 cm³/mol. The van der Waals surface area contributed by atoms with Gasteiger partial charge in [0.2, 0.25) is 0 Å². The van der Waals surface area contributed by atoms with Gasteiger partial charge >= 0.3 is 11.9 Å². The predicted octanol–water partition coefficient (Wildman–Crippen LogP) is 0.938. The molecule has 1 heterocycles. The van der Waals surface area contributed by atoms with Crippen molar-refractivity contribution in [3.63, 3.8) is 0 Å². The summed E-state index contributed by atoms with van der Waals surface area (Å²) in [5.74, 6) is -1.12. The summed E-state index contributed by atoms with van der Waals surface area (Å²) < 4.78 is 21.2. The molecule has 1 rings (SSSR count). The summed E-state index contributed by atoms with van der Waals surface area (Å²) in [5, 5.41) is 8.70. The summed E-state index contributed by atoms with van der Waals surface area (Å²) >= 11 is 0. The number of carbonyl (C=O) groups is 2. The van der Waals surface area contributed by atoms with Crippen LogP contribution in [0.3, 0.4) is 0 Å². The van der Waals surface area contributed by atoms with Gasteiger partial charge in [0.05, 0.1) is 6.10 Å². The SMILES string of the molecule is CC(=O)OC(C)=O.CCC1CC(F)[C@@H](O)O1. The molecule has 0 radical (unpaired) electrons. The van der Waals surface area contributed by atoms with Gasteiger partial charge in [0, 0.05) is 20.3 Å². The van der Waals surface area contributed by atoms with E-state index in [2.05, 4.69) is 4.74 Å². The zero-order valence-electron chi connectivity index (χ0n) is 9.60. The minimum atomic E-state index is -1.17. The number of aliphatic hydroxyl groups excluding tert-OH is 1. The summed E-state index contributed by atoms with van der Waals surface area (Å²) in [5.41, 5.74) is 0. The number of hydrogen-bond donors (Lipinski definition) is 1. The highest BCUT2D eigenvalue weighted by molar-refractivity contribution is 5.82. The van der Waals surface area contributed by atoms with Gasteiger partial charge in [0.1, 0.15) is 0 Å². The van der Waals surface area contributed by atoms with Crippen LogP contribution in [-0.2, 0) is 19.1 Å². The summed E-state index contributed by atoms with van der Waals surface area (Å²) in [6.45, 7) is 4.28. The molecule has 0 aromatic rings. The minimum absolute atomic E-state index is 0.0741. The fourth-order valence-electron chi connectivity index (χ4n) is 1.17. The van der Waals surface area contributed by atoms with Gasteiger partial charge in [-0.2, -0.15) is 0 Å². The largest absolute Gasteiger partial charge is 0.394 e. The molecule has 1 aliphatic rings. The molecule has 1 N–H and O–H groups in total. The van der Waals surface area contributed by atoms with Gasteiger partial charge < -0.3 is 14.6 Å². The second-order valence-electron chi connectivity index (χ2n) is 3.39. The smallest absolute Gasteiger partial charge is 0.310 e. The van der Waals surface area contributed by atoms with Gasteiger partial charge in [0.15, 0.2) is 12.5 Å². The first-order valence-corrected chi connectivity index (χ1v) is 5.03. The van der Waals surface area contributed by atoms with E-state index < -0.39 is 24.4 Å². The third-order valence-corrected chi connectivity index (χ3v) is 1.87. The van der Waals surface area contributed by atoms with E-state index >= 15 is 0 Å². The molecule has 0 bridgehead atoms. The molecule has 1 saturated heterocycles. The molecule has 0 amide bonds. The number of halogens is 1. The Hall–Kier alpha value is -1.01. The number of alkyl halides is 1. The van der Waals surface area contributed by atoms with Crippen LogP contribution >= 0.6 is 0 Å². The van der Waals surface area contributed by atoms with Crippen LogP contribution in [0.25, 0.3) is 0 Å². The highest BCUT2D eigenvalue weighted by Gasteiger charge is 2.32. The Morgan fingerprint density at radius 1 is 1.44 bits per heavy atom.